The molecule has 2 aromatic carbocycles. The standard InChI is InChI=1S/C24H26F5N5O/c1-16(23(35,13-34-15-30-14-31-34)21-6-5-18(25)12-22(21)26)33-9-7-19(8-10-33)32-20-4-2-3-17(11-20)24(27,28)29/h2-6,11-12,14-16,19,32,35H,7-10,13H2,1H3/t16-,23-/m1/s1. The van der Waals surface area contributed by atoms with E-state index in [2.05, 4.69) is 15.4 Å². The predicted octanol–water partition coefficient (Wildman–Crippen LogP) is 4.43. The Kier molecular flexibility index (Phi) is 7.09. The summed E-state index contributed by atoms with van der Waals surface area (Å²) in [5.41, 5.74) is -2.12. The van der Waals surface area contributed by atoms with E-state index < -0.39 is 35.0 Å². The summed E-state index contributed by atoms with van der Waals surface area (Å²) >= 11 is 0. The van der Waals surface area contributed by atoms with Crippen molar-refractivity contribution >= 4 is 5.69 Å². The first-order valence-corrected chi connectivity index (χ1v) is 11.2. The highest BCUT2D eigenvalue weighted by Gasteiger charge is 2.42. The van der Waals surface area contributed by atoms with Gasteiger partial charge in [0.25, 0.3) is 0 Å². The van der Waals surface area contributed by atoms with E-state index in [1.54, 1.807) is 13.0 Å². The van der Waals surface area contributed by atoms with Crippen molar-refractivity contribution in [2.24, 2.45) is 0 Å². The highest BCUT2D eigenvalue weighted by atomic mass is 19.4. The van der Waals surface area contributed by atoms with Gasteiger partial charge in [-0.1, -0.05) is 12.1 Å². The Balaban J connectivity index is 1.48. The van der Waals surface area contributed by atoms with Crippen LogP contribution in [0.5, 0.6) is 0 Å². The van der Waals surface area contributed by atoms with Gasteiger partial charge in [-0.3, -0.25) is 4.90 Å². The number of aromatic nitrogens is 3. The van der Waals surface area contributed by atoms with Gasteiger partial charge >= 0.3 is 6.18 Å². The van der Waals surface area contributed by atoms with Gasteiger partial charge in [-0.2, -0.15) is 18.3 Å². The average Bonchev–Trinajstić information content (AvgIpc) is 3.31. The lowest BCUT2D eigenvalue weighted by Gasteiger charge is -2.44. The molecule has 4 rings (SSSR count). The zero-order valence-corrected chi connectivity index (χ0v) is 19.0. The number of rotatable bonds is 7. The summed E-state index contributed by atoms with van der Waals surface area (Å²) in [6.45, 7) is 2.69. The van der Waals surface area contributed by atoms with Crippen LogP contribution < -0.4 is 5.32 Å². The van der Waals surface area contributed by atoms with E-state index in [1.165, 1.54) is 29.5 Å². The lowest BCUT2D eigenvalue weighted by atomic mass is 9.84. The number of nitrogens with zero attached hydrogens (tertiary/aromatic N) is 4. The Morgan fingerprint density at radius 2 is 1.86 bits per heavy atom. The van der Waals surface area contributed by atoms with E-state index in [-0.39, 0.29) is 18.2 Å². The van der Waals surface area contributed by atoms with Crippen LogP contribution in [0, 0.1) is 11.6 Å². The molecular formula is C24H26F5N5O. The highest BCUT2D eigenvalue weighted by Crippen LogP contribution is 2.35. The van der Waals surface area contributed by atoms with Gasteiger partial charge < -0.3 is 10.4 Å². The van der Waals surface area contributed by atoms with Crippen molar-refractivity contribution in [1.29, 1.82) is 0 Å². The van der Waals surface area contributed by atoms with E-state index in [9.17, 15) is 27.1 Å². The van der Waals surface area contributed by atoms with Crippen molar-refractivity contribution in [3.05, 3.63) is 77.9 Å². The Morgan fingerprint density at radius 1 is 1.11 bits per heavy atom. The van der Waals surface area contributed by atoms with Gasteiger partial charge in [0.05, 0.1) is 12.1 Å². The van der Waals surface area contributed by atoms with Gasteiger partial charge in [-0.15, -0.1) is 0 Å². The number of likely N-dealkylation sites (tertiary alicyclic amines) is 1. The van der Waals surface area contributed by atoms with Crippen LogP contribution in [-0.2, 0) is 18.3 Å². The topological polar surface area (TPSA) is 66.2 Å². The molecule has 0 aliphatic carbocycles. The molecule has 0 bridgehead atoms. The highest BCUT2D eigenvalue weighted by molar-refractivity contribution is 5.47. The zero-order chi connectivity index (χ0) is 25.2. The predicted molar refractivity (Wildman–Crippen MR) is 119 cm³/mol. The molecule has 2 atom stereocenters. The molecular weight excluding hydrogens is 469 g/mol. The second-order valence-corrected chi connectivity index (χ2v) is 8.85. The molecule has 1 aliphatic heterocycles. The molecule has 35 heavy (non-hydrogen) atoms. The van der Waals surface area contributed by atoms with Crippen LogP contribution in [0.15, 0.2) is 55.1 Å². The molecule has 0 spiro atoms. The Hall–Kier alpha value is -3.05. The maximum absolute atomic E-state index is 14.8. The van der Waals surface area contributed by atoms with Gasteiger partial charge in [0.15, 0.2) is 0 Å². The van der Waals surface area contributed by atoms with Gasteiger partial charge in [-0.05, 0) is 44.0 Å². The van der Waals surface area contributed by atoms with Crippen LogP contribution in [0.25, 0.3) is 0 Å². The van der Waals surface area contributed by atoms with Crippen molar-refractivity contribution in [2.75, 3.05) is 18.4 Å². The average molecular weight is 495 g/mol. The number of hydrogen-bond donors (Lipinski definition) is 2. The molecule has 1 aliphatic rings. The molecule has 0 saturated carbocycles. The Labute approximate surface area is 199 Å². The first-order valence-electron chi connectivity index (χ1n) is 11.2. The fourth-order valence-corrected chi connectivity index (χ4v) is 4.60. The third kappa shape index (κ3) is 5.62. The van der Waals surface area contributed by atoms with E-state index in [1.807, 2.05) is 4.90 Å². The minimum Gasteiger partial charge on any atom is -0.382 e. The number of benzene rings is 2. The first-order chi connectivity index (χ1) is 16.6. The molecule has 11 heteroatoms. The SMILES string of the molecule is C[C@@H](N1CCC(Nc2cccc(C(F)(F)F)c2)CC1)[C@](O)(Cn1cncn1)c1ccc(F)cc1F. The van der Waals surface area contributed by atoms with Crippen molar-refractivity contribution in [2.45, 2.75) is 50.2 Å². The lowest BCUT2D eigenvalue weighted by Crippen LogP contribution is -2.55. The second-order valence-electron chi connectivity index (χ2n) is 8.85. The number of aliphatic hydroxyl groups is 1. The summed E-state index contributed by atoms with van der Waals surface area (Å²) in [5, 5.41) is 18.9. The molecule has 188 valence electrons. The van der Waals surface area contributed by atoms with Crippen LogP contribution in [0.4, 0.5) is 27.6 Å². The first kappa shape index (κ1) is 25.1. The third-order valence-electron chi connectivity index (χ3n) is 6.60. The lowest BCUT2D eigenvalue weighted by molar-refractivity contribution is -0.137. The second kappa shape index (κ2) is 9.90. The van der Waals surface area contributed by atoms with Crippen LogP contribution in [0.2, 0.25) is 0 Å². The van der Waals surface area contributed by atoms with Crippen molar-refractivity contribution in [1.82, 2.24) is 19.7 Å². The minimum absolute atomic E-state index is 0.0499. The van der Waals surface area contributed by atoms with Gasteiger partial charge in [-0.25, -0.2) is 18.4 Å². The number of halogens is 5. The summed E-state index contributed by atoms with van der Waals surface area (Å²) in [5.74, 6) is -1.61. The van der Waals surface area contributed by atoms with E-state index in [0.29, 0.717) is 31.6 Å². The number of hydrogen-bond acceptors (Lipinski definition) is 5. The molecule has 0 radical (unpaired) electrons. The van der Waals surface area contributed by atoms with E-state index in [4.69, 9.17) is 0 Å². The molecule has 1 fully saturated rings. The summed E-state index contributed by atoms with van der Waals surface area (Å²) < 4.78 is 68.7. The molecule has 1 saturated heterocycles. The molecule has 1 aromatic heterocycles. The summed E-state index contributed by atoms with van der Waals surface area (Å²) in [4.78, 5) is 5.86. The van der Waals surface area contributed by atoms with E-state index in [0.717, 1.165) is 24.3 Å². The largest absolute Gasteiger partial charge is 0.416 e. The molecule has 6 nitrogen and oxygen atoms in total. The molecule has 0 amide bonds. The smallest absolute Gasteiger partial charge is 0.382 e. The van der Waals surface area contributed by atoms with Crippen molar-refractivity contribution < 1.29 is 27.1 Å². The zero-order valence-electron chi connectivity index (χ0n) is 19.0. The summed E-state index contributed by atoms with van der Waals surface area (Å²) in [6, 6.07) is 7.50. The number of anilines is 1. The fourth-order valence-electron chi connectivity index (χ4n) is 4.60. The maximum Gasteiger partial charge on any atom is 0.416 e. The molecule has 2 heterocycles. The molecule has 0 unspecified atom stereocenters. The van der Waals surface area contributed by atoms with Crippen molar-refractivity contribution in [3.8, 4) is 0 Å². The van der Waals surface area contributed by atoms with Crippen LogP contribution >= 0.6 is 0 Å². The summed E-state index contributed by atoms with van der Waals surface area (Å²) in [7, 11) is 0. The number of alkyl halides is 3. The van der Waals surface area contributed by atoms with Crippen LogP contribution in [-0.4, -0.2) is 49.9 Å². The Morgan fingerprint density at radius 3 is 2.49 bits per heavy atom. The van der Waals surface area contributed by atoms with Gasteiger partial charge in [0.1, 0.15) is 29.9 Å². The minimum atomic E-state index is -4.42. The summed E-state index contributed by atoms with van der Waals surface area (Å²) in [6.07, 6.45) is -0.500. The quantitative estimate of drug-likeness (QED) is 0.475. The van der Waals surface area contributed by atoms with Crippen LogP contribution in [0.1, 0.15) is 30.9 Å². The fraction of sp³-hybridized carbons (Fsp3) is 0.417. The Bertz CT molecular complexity index is 1130. The molecule has 2 N–H and O–H groups in total. The van der Waals surface area contributed by atoms with E-state index >= 15 is 0 Å². The van der Waals surface area contributed by atoms with Crippen molar-refractivity contribution in [3.63, 3.8) is 0 Å². The van der Waals surface area contributed by atoms with Gasteiger partial charge in [0, 0.05) is 42.5 Å². The molecule has 3 aromatic rings. The monoisotopic (exact) mass is 495 g/mol. The van der Waals surface area contributed by atoms with Crippen LogP contribution in [0.3, 0.4) is 0 Å². The third-order valence-corrected chi connectivity index (χ3v) is 6.60. The number of nitrogens with one attached hydrogen (secondary N) is 1. The number of piperidine rings is 1. The van der Waals surface area contributed by atoms with Gasteiger partial charge in [0.2, 0.25) is 0 Å². The normalized spacial score (nSPS) is 18.3. The maximum atomic E-state index is 14.8.